The van der Waals surface area contributed by atoms with Crippen LogP contribution in [0, 0.1) is 0 Å². The smallest absolute Gasteiger partial charge is 0.337 e. The van der Waals surface area contributed by atoms with Gasteiger partial charge in [0.2, 0.25) is 6.23 Å². The topological polar surface area (TPSA) is 164 Å². The first-order valence-electron chi connectivity index (χ1n) is 16.2. The van der Waals surface area contributed by atoms with Gasteiger partial charge in [-0.25, -0.2) is 32.2 Å². The number of ether oxygens (including phenoxy) is 3. The Morgan fingerprint density at radius 3 is 2.13 bits per heavy atom. The fraction of sp³-hybridized carbons (Fsp3) is 0.216. The van der Waals surface area contributed by atoms with Crippen molar-refractivity contribution in [1.29, 1.82) is 0 Å². The molecule has 0 saturated carbocycles. The molecular formula is C37H35N5O9S. The van der Waals surface area contributed by atoms with Crippen molar-refractivity contribution in [2.75, 3.05) is 26.1 Å². The fourth-order valence-corrected chi connectivity index (χ4v) is 7.55. The van der Waals surface area contributed by atoms with Crippen molar-refractivity contribution in [2.45, 2.75) is 37.2 Å². The third-order valence-corrected chi connectivity index (χ3v) is 10.2. The Kier molecular flexibility index (Phi) is 10.3. The molecule has 0 radical (unpaired) electrons. The van der Waals surface area contributed by atoms with Gasteiger partial charge < -0.3 is 19.5 Å². The summed E-state index contributed by atoms with van der Waals surface area (Å²) in [5.74, 6) is -2.92. The number of hydrogen-bond donors (Lipinski definition) is 1. The van der Waals surface area contributed by atoms with Crippen LogP contribution in [0.3, 0.4) is 0 Å². The van der Waals surface area contributed by atoms with Crippen LogP contribution in [-0.2, 0) is 42.2 Å². The summed E-state index contributed by atoms with van der Waals surface area (Å²) in [6.07, 6.45) is -1.44. The number of methoxy groups -OCH3 is 2. The highest BCUT2D eigenvalue weighted by molar-refractivity contribution is 7.90. The summed E-state index contributed by atoms with van der Waals surface area (Å²) in [5.41, 5.74) is 1.27. The molecule has 4 aromatic rings. The van der Waals surface area contributed by atoms with E-state index in [-0.39, 0.29) is 47.3 Å². The summed E-state index contributed by atoms with van der Waals surface area (Å²) >= 11 is 0. The number of nitrogens with zero attached hydrogens (tertiary/aromatic N) is 4. The third kappa shape index (κ3) is 6.83. The van der Waals surface area contributed by atoms with Gasteiger partial charge >= 0.3 is 12.0 Å². The Balaban J connectivity index is 1.54. The molecule has 268 valence electrons. The van der Waals surface area contributed by atoms with E-state index in [1.165, 1.54) is 49.5 Å². The number of imide groups is 1. The Hall–Kier alpha value is -6.06. The molecule has 2 aliphatic rings. The predicted molar refractivity (Wildman–Crippen MR) is 189 cm³/mol. The molecule has 4 aromatic carbocycles. The number of anilines is 1. The number of urea groups is 1. The number of nitrogens with one attached hydrogen (secondary N) is 1. The number of amides is 4. The van der Waals surface area contributed by atoms with Crippen molar-refractivity contribution in [2.24, 2.45) is 4.99 Å². The lowest BCUT2D eigenvalue weighted by atomic mass is 10.1. The molecule has 1 fully saturated rings. The molecular weight excluding hydrogens is 690 g/mol. The van der Waals surface area contributed by atoms with Crippen molar-refractivity contribution in [3.63, 3.8) is 0 Å². The molecule has 1 N–H and O–H groups in total. The maximum Gasteiger partial charge on any atom is 0.337 e. The first kappa shape index (κ1) is 35.8. The number of rotatable bonds is 12. The number of aliphatic imine (C=N–C) groups is 1. The van der Waals surface area contributed by atoms with Gasteiger partial charge in [-0.3, -0.25) is 14.5 Å². The van der Waals surface area contributed by atoms with Crippen LogP contribution in [0.2, 0.25) is 0 Å². The summed E-state index contributed by atoms with van der Waals surface area (Å²) in [6, 6.07) is 24.8. The first-order valence-corrected chi connectivity index (χ1v) is 17.6. The summed E-state index contributed by atoms with van der Waals surface area (Å²) < 4.78 is 45.8. The Morgan fingerprint density at radius 2 is 1.50 bits per heavy atom. The normalized spacial score (nSPS) is 16.9. The summed E-state index contributed by atoms with van der Waals surface area (Å²) in [4.78, 5) is 62.5. The maximum absolute atomic E-state index is 14.8. The molecule has 4 amide bonds. The van der Waals surface area contributed by atoms with Crippen molar-refractivity contribution in [1.82, 2.24) is 14.1 Å². The van der Waals surface area contributed by atoms with Gasteiger partial charge in [-0.2, -0.15) is 0 Å². The number of carbonyl (C=O) groups excluding carboxylic acids is 4. The highest BCUT2D eigenvalue weighted by Crippen LogP contribution is 2.37. The van der Waals surface area contributed by atoms with Crippen molar-refractivity contribution in [3.8, 4) is 5.75 Å². The average Bonchev–Trinajstić information content (AvgIpc) is 3.37. The van der Waals surface area contributed by atoms with Crippen LogP contribution >= 0.6 is 0 Å². The Labute approximate surface area is 300 Å². The van der Waals surface area contributed by atoms with E-state index in [4.69, 9.17) is 14.2 Å². The first-order chi connectivity index (χ1) is 25.1. The maximum atomic E-state index is 14.8. The Bertz CT molecular complexity index is 2150. The van der Waals surface area contributed by atoms with Crippen LogP contribution in [0.15, 0.2) is 113 Å². The third-order valence-electron chi connectivity index (χ3n) is 8.43. The zero-order chi connectivity index (χ0) is 37.0. The summed E-state index contributed by atoms with van der Waals surface area (Å²) in [5, 5.41) is 2.66. The van der Waals surface area contributed by atoms with E-state index in [0.29, 0.717) is 16.0 Å². The zero-order valence-corrected chi connectivity index (χ0v) is 29.3. The van der Waals surface area contributed by atoms with Gasteiger partial charge in [-0.1, -0.05) is 72.8 Å². The number of fused-ring (bicyclic) bond motifs is 1. The second kappa shape index (κ2) is 15.0. The number of esters is 1. The van der Waals surface area contributed by atoms with E-state index in [9.17, 15) is 27.6 Å². The van der Waals surface area contributed by atoms with Crippen LogP contribution in [0.25, 0.3) is 0 Å². The van der Waals surface area contributed by atoms with E-state index in [2.05, 4.69) is 10.3 Å². The van der Waals surface area contributed by atoms with Crippen LogP contribution in [0.1, 0.15) is 28.4 Å². The fourth-order valence-electron chi connectivity index (χ4n) is 5.98. The van der Waals surface area contributed by atoms with Gasteiger partial charge in [0.05, 0.1) is 44.2 Å². The van der Waals surface area contributed by atoms with E-state index >= 15 is 0 Å². The predicted octanol–water partition coefficient (Wildman–Crippen LogP) is 4.55. The molecule has 2 unspecified atom stereocenters. The van der Waals surface area contributed by atoms with Crippen LogP contribution in [0.5, 0.6) is 5.75 Å². The van der Waals surface area contributed by atoms with E-state index in [1.807, 2.05) is 0 Å². The lowest BCUT2D eigenvalue weighted by molar-refractivity contribution is -0.144. The highest BCUT2D eigenvalue weighted by Gasteiger charge is 2.54. The lowest BCUT2D eigenvalue weighted by Gasteiger charge is -2.35. The van der Waals surface area contributed by atoms with E-state index in [0.717, 1.165) is 4.31 Å². The second-order valence-corrected chi connectivity index (χ2v) is 13.5. The van der Waals surface area contributed by atoms with Gasteiger partial charge in [0.25, 0.3) is 21.8 Å². The van der Waals surface area contributed by atoms with Crippen LogP contribution in [-0.4, -0.2) is 85.3 Å². The number of amidine groups is 1. The molecule has 2 atom stereocenters. The minimum Gasteiger partial charge on any atom is -0.495 e. The van der Waals surface area contributed by atoms with Crippen LogP contribution in [0.4, 0.5) is 16.2 Å². The molecule has 14 nitrogen and oxygen atoms in total. The van der Waals surface area contributed by atoms with E-state index < -0.39 is 51.9 Å². The van der Waals surface area contributed by atoms with Gasteiger partial charge in [0.15, 0.2) is 11.9 Å². The van der Waals surface area contributed by atoms with Crippen molar-refractivity contribution >= 4 is 51.0 Å². The molecule has 15 heteroatoms. The second-order valence-electron chi connectivity index (χ2n) is 11.6. The quantitative estimate of drug-likeness (QED) is 0.163. The molecule has 0 aromatic heterocycles. The molecule has 1 saturated heterocycles. The minimum atomic E-state index is -4.42. The molecule has 0 bridgehead atoms. The average molecular weight is 726 g/mol. The summed E-state index contributed by atoms with van der Waals surface area (Å²) in [6.45, 7) is 1.35. The number of hydrogen-bond acceptors (Lipinski definition) is 10. The van der Waals surface area contributed by atoms with Gasteiger partial charge in [0.1, 0.15) is 10.6 Å². The molecule has 52 heavy (non-hydrogen) atoms. The SMILES string of the molecule is CCOC1C(=O)N(C(C(=O)Nc2cc(C(=O)OC)ccc2OC)C2=Nc3ccccc3S(=O)(=O)N2Cc2ccccc2)C(=O)N1Cc1ccccc1. The van der Waals surface area contributed by atoms with Crippen LogP contribution < -0.4 is 10.1 Å². The number of carbonyl (C=O) groups is 4. The minimum absolute atomic E-state index is 0.00600. The van der Waals surface area contributed by atoms with Crippen molar-refractivity contribution in [3.05, 3.63) is 120 Å². The van der Waals surface area contributed by atoms with E-state index in [1.54, 1.807) is 79.7 Å². The monoisotopic (exact) mass is 725 g/mol. The highest BCUT2D eigenvalue weighted by atomic mass is 32.2. The zero-order valence-electron chi connectivity index (χ0n) is 28.5. The Morgan fingerprint density at radius 1 is 0.865 bits per heavy atom. The molecule has 2 aliphatic heterocycles. The number of sulfonamides is 1. The molecule has 0 spiro atoms. The lowest BCUT2D eigenvalue weighted by Crippen LogP contribution is -2.58. The molecule has 2 heterocycles. The van der Waals surface area contributed by atoms with Gasteiger partial charge in [-0.15, -0.1) is 0 Å². The largest absolute Gasteiger partial charge is 0.495 e. The molecule has 6 rings (SSSR count). The van der Waals surface area contributed by atoms with Gasteiger partial charge in [-0.05, 0) is 48.4 Å². The number of para-hydroxylation sites is 1. The van der Waals surface area contributed by atoms with Crippen molar-refractivity contribution < 1.29 is 41.8 Å². The van der Waals surface area contributed by atoms with Gasteiger partial charge in [0, 0.05) is 6.61 Å². The standard InChI is InChI=1S/C37H35N5O9S/c1-4-51-35-34(44)42(37(46)40(35)22-24-13-7-5-8-14-24)31(33(43)39-28-21-26(36(45)50-3)19-20-29(28)49-2)32-38-27-17-11-12-18-30(27)52(47,48)41(32)23-25-15-9-6-10-16-25/h5-21,31,35H,4,22-23H2,1-3H3,(H,39,43). The number of benzene rings is 4. The summed E-state index contributed by atoms with van der Waals surface area (Å²) in [7, 11) is -1.88. The molecule has 0 aliphatic carbocycles.